The molecule has 4 N–H and O–H groups in total. The highest BCUT2D eigenvalue weighted by Gasteiger charge is 2.15. The topological polar surface area (TPSA) is 83.2 Å². The van der Waals surface area contributed by atoms with Crippen LogP contribution in [0.25, 0.3) is 0 Å². The van der Waals surface area contributed by atoms with Gasteiger partial charge >= 0.3 is 0 Å². The summed E-state index contributed by atoms with van der Waals surface area (Å²) < 4.78 is 0. The van der Waals surface area contributed by atoms with Crippen molar-refractivity contribution >= 4 is 41.6 Å². The lowest BCUT2D eigenvalue weighted by Gasteiger charge is -2.32. The van der Waals surface area contributed by atoms with Gasteiger partial charge in [0.2, 0.25) is 5.96 Å². The van der Waals surface area contributed by atoms with Crippen LogP contribution in [0.2, 0.25) is 5.02 Å². The summed E-state index contributed by atoms with van der Waals surface area (Å²) >= 11 is 5.81. The number of rotatable bonds is 1. The van der Waals surface area contributed by atoms with Gasteiger partial charge in [0, 0.05) is 31.2 Å². The van der Waals surface area contributed by atoms with Crippen LogP contribution in [0, 0.1) is 0 Å². The third-order valence-corrected chi connectivity index (χ3v) is 3.38. The van der Waals surface area contributed by atoms with Crippen molar-refractivity contribution in [3.63, 3.8) is 0 Å². The molecule has 1 aliphatic heterocycles. The van der Waals surface area contributed by atoms with Gasteiger partial charge < -0.3 is 21.3 Å². The molecule has 1 saturated heterocycles. The molecule has 0 saturated carbocycles. The SMILES string of the molecule is CN1CCN(C(N)=NC(N)=Nc2ccc(Cl)cc2)CC1.Cl. The van der Waals surface area contributed by atoms with Crippen LogP contribution in [0.5, 0.6) is 0 Å². The van der Waals surface area contributed by atoms with E-state index in [1.165, 1.54) is 0 Å². The smallest absolute Gasteiger partial charge is 0.223 e. The predicted octanol–water partition coefficient (Wildman–Crippen LogP) is 1.27. The Morgan fingerprint density at radius 2 is 1.67 bits per heavy atom. The Morgan fingerprint density at radius 1 is 1.10 bits per heavy atom. The normalized spacial score (nSPS) is 17.5. The Morgan fingerprint density at radius 3 is 2.24 bits per heavy atom. The molecule has 21 heavy (non-hydrogen) atoms. The first-order valence-electron chi connectivity index (χ1n) is 6.42. The van der Waals surface area contributed by atoms with Gasteiger partial charge in [-0.1, -0.05) is 11.6 Å². The molecule has 2 rings (SSSR count). The summed E-state index contributed by atoms with van der Waals surface area (Å²) in [6, 6.07) is 7.05. The number of aliphatic imine (C=N–C) groups is 2. The zero-order valence-electron chi connectivity index (χ0n) is 11.9. The van der Waals surface area contributed by atoms with Crippen molar-refractivity contribution in [2.24, 2.45) is 21.5 Å². The van der Waals surface area contributed by atoms with E-state index in [9.17, 15) is 0 Å². The number of piperazine rings is 1. The highest BCUT2D eigenvalue weighted by Crippen LogP contribution is 2.16. The van der Waals surface area contributed by atoms with Gasteiger partial charge in [-0.2, -0.15) is 4.99 Å². The van der Waals surface area contributed by atoms with E-state index >= 15 is 0 Å². The summed E-state index contributed by atoms with van der Waals surface area (Å²) in [5.41, 5.74) is 12.4. The molecule has 1 heterocycles. The molecular formula is C13H20Cl2N6. The zero-order chi connectivity index (χ0) is 14.5. The van der Waals surface area contributed by atoms with E-state index in [1.807, 2.05) is 4.90 Å². The standard InChI is InChI=1S/C13H19ClN6.ClH/c1-19-6-8-20(9-7-19)13(16)18-12(15)17-11-4-2-10(14)3-5-11;/h2-5H,6-9H2,1H3,(H4,15,16,17,18);1H. The number of guanidine groups is 2. The van der Waals surface area contributed by atoms with Crippen molar-refractivity contribution in [3.8, 4) is 0 Å². The lowest BCUT2D eigenvalue weighted by atomic mass is 10.3. The third kappa shape index (κ3) is 5.41. The van der Waals surface area contributed by atoms with E-state index in [0.717, 1.165) is 26.2 Å². The molecule has 8 heteroatoms. The van der Waals surface area contributed by atoms with E-state index in [0.29, 0.717) is 16.7 Å². The molecule has 0 amide bonds. The van der Waals surface area contributed by atoms with Gasteiger partial charge in [-0.05, 0) is 31.3 Å². The Balaban J connectivity index is 0.00000220. The maximum Gasteiger partial charge on any atom is 0.223 e. The van der Waals surface area contributed by atoms with Crippen molar-refractivity contribution in [1.82, 2.24) is 9.80 Å². The maximum absolute atomic E-state index is 5.95. The fraction of sp³-hybridized carbons (Fsp3) is 0.385. The average molecular weight is 331 g/mol. The Labute approximate surface area is 135 Å². The van der Waals surface area contributed by atoms with Gasteiger partial charge in [0.15, 0.2) is 5.96 Å². The first-order chi connectivity index (χ1) is 9.54. The summed E-state index contributed by atoms with van der Waals surface area (Å²) in [5, 5.41) is 0.656. The fourth-order valence-electron chi connectivity index (χ4n) is 1.90. The quantitative estimate of drug-likeness (QED) is 0.600. The summed E-state index contributed by atoms with van der Waals surface area (Å²) in [5.74, 6) is 0.553. The molecule has 1 aromatic rings. The van der Waals surface area contributed by atoms with Crippen LogP contribution in [-0.2, 0) is 0 Å². The molecular weight excluding hydrogens is 311 g/mol. The van der Waals surface area contributed by atoms with Gasteiger partial charge in [-0.25, -0.2) is 4.99 Å². The number of nitrogens with two attached hydrogens (primary N) is 2. The van der Waals surface area contributed by atoms with E-state index in [-0.39, 0.29) is 18.4 Å². The molecule has 1 aromatic carbocycles. The summed E-state index contributed by atoms with van der Waals surface area (Å²) in [7, 11) is 2.08. The van der Waals surface area contributed by atoms with Crippen LogP contribution >= 0.6 is 24.0 Å². The van der Waals surface area contributed by atoms with Crippen molar-refractivity contribution in [2.45, 2.75) is 0 Å². The first kappa shape index (κ1) is 17.6. The molecule has 0 aromatic heterocycles. The second-order valence-corrected chi connectivity index (χ2v) is 5.14. The number of benzene rings is 1. The minimum absolute atomic E-state index is 0. The minimum Gasteiger partial charge on any atom is -0.369 e. The van der Waals surface area contributed by atoms with Gasteiger partial charge in [0.25, 0.3) is 0 Å². The minimum atomic E-state index is 0. The lowest BCUT2D eigenvalue weighted by molar-refractivity contribution is 0.214. The summed E-state index contributed by atoms with van der Waals surface area (Å²) in [6.45, 7) is 3.62. The van der Waals surface area contributed by atoms with Crippen molar-refractivity contribution in [3.05, 3.63) is 29.3 Å². The van der Waals surface area contributed by atoms with E-state index in [2.05, 4.69) is 21.9 Å². The number of likely N-dealkylation sites (N-methyl/N-ethyl adjacent to an activating group) is 1. The van der Waals surface area contributed by atoms with Gasteiger partial charge in [0.05, 0.1) is 5.69 Å². The van der Waals surface area contributed by atoms with Crippen LogP contribution in [0.4, 0.5) is 5.69 Å². The maximum atomic E-state index is 5.95. The Hall–Kier alpha value is -1.50. The molecule has 0 bridgehead atoms. The lowest BCUT2D eigenvalue weighted by Crippen LogP contribution is -2.50. The monoisotopic (exact) mass is 330 g/mol. The van der Waals surface area contributed by atoms with Crippen LogP contribution in [0.1, 0.15) is 0 Å². The van der Waals surface area contributed by atoms with Crippen LogP contribution in [-0.4, -0.2) is 54.9 Å². The second-order valence-electron chi connectivity index (χ2n) is 4.71. The van der Waals surface area contributed by atoms with E-state index in [1.54, 1.807) is 24.3 Å². The molecule has 0 aliphatic carbocycles. The highest BCUT2D eigenvalue weighted by molar-refractivity contribution is 6.30. The number of halogens is 2. The fourth-order valence-corrected chi connectivity index (χ4v) is 2.02. The van der Waals surface area contributed by atoms with Gasteiger partial charge in [0.1, 0.15) is 0 Å². The molecule has 6 nitrogen and oxygen atoms in total. The Kier molecular flexibility index (Phi) is 6.74. The zero-order valence-corrected chi connectivity index (χ0v) is 13.4. The molecule has 116 valence electrons. The summed E-state index contributed by atoms with van der Waals surface area (Å²) in [4.78, 5) is 12.6. The molecule has 1 fully saturated rings. The van der Waals surface area contributed by atoms with E-state index < -0.39 is 0 Å². The highest BCUT2D eigenvalue weighted by atomic mass is 35.5. The first-order valence-corrected chi connectivity index (χ1v) is 6.80. The van der Waals surface area contributed by atoms with Crippen molar-refractivity contribution < 1.29 is 0 Å². The van der Waals surface area contributed by atoms with Gasteiger partial charge in [-0.15, -0.1) is 12.4 Å². The number of hydrogen-bond donors (Lipinski definition) is 2. The van der Waals surface area contributed by atoms with Crippen LogP contribution in [0.3, 0.4) is 0 Å². The third-order valence-electron chi connectivity index (χ3n) is 3.13. The average Bonchev–Trinajstić information content (AvgIpc) is 2.42. The van der Waals surface area contributed by atoms with Crippen LogP contribution < -0.4 is 11.5 Å². The van der Waals surface area contributed by atoms with Crippen molar-refractivity contribution in [1.29, 1.82) is 0 Å². The number of nitrogens with zero attached hydrogens (tertiary/aromatic N) is 4. The molecule has 0 radical (unpaired) electrons. The molecule has 1 aliphatic rings. The molecule has 0 spiro atoms. The second kappa shape index (κ2) is 8.07. The molecule has 0 atom stereocenters. The van der Waals surface area contributed by atoms with E-state index in [4.69, 9.17) is 23.1 Å². The van der Waals surface area contributed by atoms with Crippen molar-refractivity contribution in [2.75, 3.05) is 33.2 Å². The predicted molar refractivity (Wildman–Crippen MR) is 90.7 cm³/mol. The number of hydrogen-bond acceptors (Lipinski definition) is 2. The largest absolute Gasteiger partial charge is 0.369 e. The van der Waals surface area contributed by atoms with Gasteiger partial charge in [-0.3, -0.25) is 0 Å². The van der Waals surface area contributed by atoms with Crippen LogP contribution in [0.15, 0.2) is 34.3 Å². The Bertz CT molecular complexity index is 506. The summed E-state index contributed by atoms with van der Waals surface area (Å²) in [6.07, 6.45) is 0. The molecule has 0 unspecified atom stereocenters.